The predicted octanol–water partition coefficient (Wildman–Crippen LogP) is 6.56. The molecule has 266 valence electrons. The van der Waals surface area contributed by atoms with Gasteiger partial charge in [0.15, 0.2) is 18.3 Å². The van der Waals surface area contributed by atoms with Crippen LogP contribution in [0, 0.1) is 0 Å². The molecule has 1 fully saturated rings. The van der Waals surface area contributed by atoms with Gasteiger partial charge in [-0.25, -0.2) is 19.2 Å². The van der Waals surface area contributed by atoms with Gasteiger partial charge in [0.05, 0.1) is 35.5 Å². The fourth-order valence-electron chi connectivity index (χ4n) is 5.01. The first-order chi connectivity index (χ1) is 24.9. The van der Waals surface area contributed by atoms with Crippen molar-refractivity contribution < 1.29 is 56.4 Å². The second-order valence-electron chi connectivity index (χ2n) is 10.9. The van der Waals surface area contributed by atoms with Crippen LogP contribution in [0.3, 0.4) is 0 Å². The average molecular weight is 717 g/mol. The van der Waals surface area contributed by atoms with Crippen LogP contribution in [-0.4, -0.2) is 74.4 Å². The Balaban J connectivity index is 1.57. The molecule has 0 spiro atoms. The summed E-state index contributed by atoms with van der Waals surface area (Å²) in [7, 11) is -2.09. The highest BCUT2D eigenvalue weighted by molar-refractivity contribution is 7.41. The second kappa shape index (κ2) is 18.9. The molecule has 4 aromatic rings. The highest BCUT2D eigenvalue weighted by Gasteiger charge is 2.54. The highest BCUT2D eigenvalue weighted by atomic mass is 31.2. The lowest BCUT2D eigenvalue weighted by Crippen LogP contribution is -2.63. The van der Waals surface area contributed by atoms with Crippen molar-refractivity contribution in [2.45, 2.75) is 44.6 Å². The maximum absolute atomic E-state index is 13.7. The van der Waals surface area contributed by atoms with Crippen LogP contribution < -0.4 is 0 Å². The molecule has 0 aliphatic carbocycles. The van der Waals surface area contributed by atoms with E-state index in [1.54, 1.807) is 111 Å². The van der Waals surface area contributed by atoms with Gasteiger partial charge in [0.25, 0.3) is 0 Å². The Kier molecular flexibility index (Phi) is 13.8. The molecule has 0 N–H and O–H groups in total. The Morgan fingerprint density at radius 3 is 1.31 bits per heavy atom. The Bertz CT molecular complexity index is 1700. The molecule has 0 radical (unpaired) electrons. The summed E-state index contributed by atoms with van der Waals surface area (Å²) in [6.07, 6.45) is -7.44. The third kappa shape index (κ3) is 10.3. The quantitative estimate of drug-likeness (QED) is 0.0747. The van der Waals surface area contributed by atoms with Crippen LogP contribution in [0.1, 0.15) is 55.3 Å². The maximum Gasteiger partial charge on any atom is 0.338 e. The molecular weight excluding hydrogens is 679 g/mol. The van der Waals surface area contributed by atoms with E-state index >= 15 is 0 Å². The minimum Gasteiger partial charge on any atom is -0.459 e. The highest BCUT2D eigenvalue weighted by Crippen LogP contribution is 2.44. The van der Waals surface area contributed by atoms with Crippen LogP contribution in [0.2, 0.25) is 0 Å². The lowest BCUT2D eigenvalue weighted by Gasteiger charge is -2.44. The molecule has 5 rings (SSSR count). The Morgan fingerprint density at radius 1 is 0.529 bits per heavy atom. The summed E-state index contributed by atoms with van der Waals surface area (Å²) in [5.41, 5.74) is 0.786. The van der Waals surface area contributed by atoms with Crippen LogP contribution in [0.15, 0.2) is 121 Å². The monoisotopic (exact) mass is 716 g/mol. The van der Waals surface area contributed by atoms with Crippen LogP contribution >= 0.6 is 8.60 Å². The van der Waals surface area contributed by atoms with Gasteiger partial charge >= 0.3 is 32.5 Å². The maximum atomic E-state index is 13.7. The number of esters is 4. The van der Waals surface area contributed by atoms with E-state index in [0.717, 1.165) is 0 Å². The van der Waals surface area contributed by atoms with Gasteiger partial charge in [-0.15, -0.1) is 0 Å². The number of carbonyl (C=O) groups excluding carboxylic acids is 4. The van der Waals surface area contributed by atoms with Crippen molar-refractivity contribution in [1.82, 2.24) is 0 Å². The van der Waals surface area contributed by atoms with Crippen molar-refractivity contribution >= 4 is 32.5 Å². The molecule has 0 saturated carbocycles. The molecule has 1 aliphatic rings. The SMILES string of the molecule is CCOP(OCC)OC1O[C@H](COC(=O)c2ccccc2)[C@@H](OC(=O)c2ccccc2)[C@H](OC(=O)c2ccccc2)[C@H]1OC(=O)c1ccccc1. The number of hydrogen-bond acceptors (Lipinski definition) is 12. The Labute approximate surface area is 296 Å². The summed E-state index contributed by atoms with van der Waals surface area (Å²) in [6, 6.07) is 32.6. The zero-order chi connectivity index (χ0) is 36.0. The van der Waals surface area contributed by atoms with Gasteiger partial charge in [-0.3, -0.25) is 4.52 Å². The van der Waals surface area contributed by atoms with E-state index in [4.69, 9.17) is 37.3 Å². The van der Waals surface area contributed by atoms with Crippen LogP contribution in [0.5, 0.6) is 0 Å². The fraction of sp³-hybridized carbons (Fsp3) is 0.263. The first-order valence-corrected chi connectivity index (χ1v) is 17.4. The van der Waals surface area contributed by atoms with Crippen LogP contribution in [0.4, 0.5) is 0 Å². The Hall–Kier alpha value is -4.97. The summed E-state index contributed by atoms with van der Waals surface area (Å²) < 4.78 is 47.5. The smallest absolute Gasteiger partial charge is 0.338 e. The topological polar surface area (TPSA) is 142 Å². The lowest BCUT2D eigenvalue weighted by atomic mass is 9.97. The van der Waals surface area contributed by atoms with E-state index in [9.17, 15) is 19.2 Å². The number of ether oxygens (including phenoxy) is 5. The minimum atomic E-state index is -2.09. The summed E-state index contributed by atoms with van der Waals surface area (Å²) in [5.74, 6) is -3.12. The van der Waals surface area contributed by atoms with E-state index in [1.165, 1.54) is 24.3 Å². The first kappa shape index (κ1) is 37.3. The second-order valence-corrected chi connectivity index (χ2v) is 12.1. The van der Waals surface area contributed by atoms with Crippen molar-refractivity contribution in [3.63, 3.8) is 0 Å². The zero-order valence-corrected chi connectivity index (χ0v) is 28.8. The van der Waals surface area contributed by atoms with Crippen LogP contribution in [0.25, 0.3) is 0 Å². The van der Waals surface area contributed by atoms with E-state index in [-0.39, 0.29) is 35.5 Å². The first-order valence-electron chi connectivity index (χ1n) is 16.3. The molecule has 5 atom stereocenters. The van der Waals surface area contributed by atoms with E-state index in [2.05, 4.69) is 0 Å². The molecule has 0 aromatic heterocycles. The molecular formula is C38H37O12P. The normalized spacial score (nSPS) is 19.9. The van der Waals surface area contributed by atoms with Gasteiger partial charge in [0.1, 0.15) is 12.7 Å². The van der Waals surface area contributed by atoms with E-state index in [1.807, 2.05) is 0 Å². The van der Waals surface area contributed by atoms with Crippen molar-refractivity contribution in [3.05, 3.63) is 144 Å². The van der Waals surface area contributed by atoms with Gasteiger partial charge in [-0.05, 0) is 62.4 Å². The predicted molar refractivity (Wildman–Crippen MR) is 184 cm³/mol. The number of hydrogen-bond donors (Lipinski definition) is 0. The van der Waals surface area contributed by atoms with Gasteiger partial charge in [0.2, 0.25) is 6.29 Å². The summed E-state index contributed by atoms with van der Waals surface area (Å²) in [6.45, 7) is 3.40. The molecule has 0 bridgehead atoms. The third-order valence-electron chi connectivity index (χ3n) is 7.40. The van der Waals surface area contributed by atoms with Crippen molar-refractivity contribution in [2.24, 2.45) is 0 Å². The molecule has 51 heavy (non-hydrogen) atoms. The van der Waals surface area contributed by atoms with Crippen molar-refractivity contribution in [2.75, 3.05) is 19.8 Å². The minimum absolute atomic E-state index is 0.167. The van der Waals surface area contributed by atoms with Crippen molar-refractivity contribution in [1.29, 1.82) is 0 Å². The van der Waals surface area contributed by atoms with Gasteiger partial charge < -0.3 is 32.7 Å². The molecule has 12 nitrogen and oxygen atoms in total. The molecule has 1 heterocycles. The fourth-order valence-corrected chi connectivity index (χ4v) is 5.96. The molecule has 1 unspecified atom stereocenters. The molecule has 1 saturated heterocycles. The average Bonchev–Trinajstić information content (AvgIpc) is 3.17. The summed E-state index contributed by atoms with van der Waals surface area (Å²) in [5, 5.41) is 0. The molecule has 4 aromatic carbocycles. The third-order valence-corrected chi connectivity index (χ3v) is 8.71. The summed E-state index contributed by atoms with van der Waals surface area (Å²) >= 11 is 0. The lowest BCUT2D eigenvalue weighted by molar-refractivity contribution is -0.277. The number of benzene rings is 4. The molecule has 1 aliphatic heterocycles. The van der Waals surface area contributed by atoms with E-state index in [0.29, 0.717) is 0 Å². The van der Waals surface area contributed by atoms with E-state index < -0.39 is 69.8 Å². The van der Waals surface area contributed by atoms with Crippen LogP contribution in [-0.2, 0) is 37.3 Å². The summed E-state index contributed by atoms with van der Waals surface area (Å²) in [4.78, 5) is 54.0. The van der Waals surface area contributed by atoms with Crippen molar-refractivity contribution in [3.8, 4) is 0 Å². The number of carbonyl (C=O) groups is 4. The zero-order valence-electron chi connectivity index (χ0n) is 27.9. The van der Waals surface area contributed by atoms with Gasteiger partial charge in [-0.2, -0.15) is 0 Å². The standard InChI is InChI=1S/C38H37O12P/c1-3-44-51(45-4-2)50-38-33(49-37(42)29-23-15-8-16-24-29)32(48-36(41)28-21-13-7-14-22-28)31(47-35(40)27-19-11-6-12-20-27)30(46-38)25-43-34(39)26-17-9-5-10-18-26/h5-24,30-33,38H,3-4,25H2,1-2H3/t30-,31-,32+,33-,38?/m1/s1. The largest absolute Gasteiger partial charge is 0.459 e. The van der Waals surface area contributed by atoms with Gasteiger partial charge in [0, 0.05) is 0 Å². The van der Waals surface area contributed by atoms with Gasteiger partial charge in [-0.1, -0.05) is 72.8 Å². The number of rotatable bonds is 15. The Morgan fingerprint density at radius 2 is 0.902 bits per heavy atom. The molecule has 13 heteroatoms. The molecule has 0 amide bonds.